The maximum absolute atomic E-state index is 12.0. The predicted molar refractivity (Wildman–Crippen MR) is 61.3 cm³/mol. The van der Waals surface area contributed by atoms with Crippen LogP contribution >= 0.6 is 0 Å². The molecule has 2 rings (SSSR count). The molecule has 1 aliphatic carbocycles. The summed E-state index contributed by atoms with van der Waals surface area (Å²) in [6.07, 6.45) is 2.20. The van der Waals surface area contributed by atoms with Crippen LogP contribution in [-0.4, -0.2) is 31.0 Å². The minimum absolute atomic E-state index is 0.0842. The number of pyridine rings is 1. The van der Waals surface area contributed by atoms with Crippen molar-refractivity contribution in [3.63, 3.8) is 0 Å². The van der Waals surface area contributed by atoms with Crippen molar-refractivity contribution < 1.29 is 14.3 Å². The average Bonchev–Trinajstić information content (AvgIpc) is 3.17. The summed E-state index contributed by atoms with van der Waals surface area (Å²) in [5.41, 5.74) is 0. The van der Waals surface area contributed by atoms with Crippen molar-refractivity contribution in [2.75, 3.05) is 19.1 Å². The molecule has 5 nitrogen and oxygen atoms in total. The van der Waals surface area contributed by atoms with Crippen molar-refractivity contribution in [2.45, 2.75) is 6.42 Å². The number of hydrogen-bond donors (Lipinski definition) is 0. The SMILES string of the molecule is COC(=O)[C@H]1C[C@H]1C(=O)N(C)c1ccccn1. The molecule has 0 saturated heterocycles. The van der Waals surface area contributed by atoms with Crippen molar-refractivity contribution >= 4 is 17.7 Å². The Balaban J connectivity index is 2.01. The number of ether oxygens (including phenoxy) is 1. The Kier molecular flexibility index (Phi) is 3.08. The van der Waals surface area contributed by atoms with Crippen molar-refractivity contribution in [3.8, 4) is 0 Å². The normalized spacial score (nSPS) is 21.8. The van der Waals surface area contributed by atoms with E-state index in [2.05, 4.69) is 9.72 Å². The smallest absolute Gasteiger partial charge is 0.309 e. The van der Waals surface area contributed by atoms with E-state index in [9.17, 15) is 9.59 Å². The predicted octanol–water partition coefficient (Wildman–Crippen LogP) is 0.853. The van der Waals surface area contributed by atoms with Gasteiger partial charge in [0.25, 0.3) is 0 Å². The Morgan fingerprint density at radius 3 is 2.76 bits per heavy atom. The molecular formula is C12H14N2O3. The number of carbonyl (C=O) groups is 2. The van der Waals surface area contributed by atoms with Crippen LogP contribution in [0.3, 0.4) is 0 Å². The molecule has 1 aliphatic rings. The minimum atomic E-state index is -0.308. The standard InChI is InChI=1S/C12H14N2O3/c1-14(10-5-3-4-6-13-10)11(15)8-7-9(8)12(16)17-2/h3-6,8-9H,7H2,1-2H3/t8-,9+/m1/s1. The summed E-state index contributed by atoms with van der Waals surface area (Å²) in [5, 5.41) is 0. The molecule has 0 aromatic carbocycles. The van der Waals surface area contributed by atoms with Crippen molar-refractivity contribution in [1.29, 1.82) is 0 Å². The molecule has 1 aromatic rings. The fraction of sp³-hybridized carbons (Fsp3) is 0.417. The number of amides is 1. The van der Waals surface area contributed by atoms with Gasteiger partial charge in [0.15, 0.2) is 0 Å². The van der Waals surface area contributed by atoms with Gasteiger partial charge in [-0.3, -0.25) is 14.5 Å². The average molecular weight is 234 g/mol. The highest BCUT2D eigenvalue weighted by Crippen LogP contribution is 2.41. The van der Waals surface area contributed by atoms with E-state index < -0.39 is 0 Å². The molecule has 1 aromatic heterocycles. The van der Waals surface area contributed by atoms with Crippen LogP contribution in [0.1, 0.15) is 6.42 Å². The maximum Gasteiger partial charge on any atom is 0.309 e. The van der Waals surface area contributed by atoms with Crippen LogP contribution < -0.4 is 4.90 Å². The van der Waals surface area contributed by atoms with Gasteiger partial charge in [-0.25, -0.2) is 4.98 Å². The van der Waals surface area contributed by atoms with Gasteiger partial charge in [-0.15, -0.1) is 0 Å². The van der Waals surface area contributed by atoms with Gasteiger partial charge in [-0.2, -0.15) is 0 Å². The number of anilines is 1. The van der Waals surface area contributed by atoms with E-state index in [0.717, 1.165) is 0 Å². The largest absolute Gasteiger partial charge is 0.469 e. The molecule has 90 valence electrons. The van der Waals surface area contributed by atoms with Crippen LogP contribution in [-0.2, 0) is 14.3 Å². The van der Waals surface area contributed by atoms with E-state index in [-0.39, 0.29) is 23.7 Å². The van der Waals surface area contributed by atoms with E-state index in [1.807, 2.05) is 6.07 Å². The molecule has 0 bridgehead atoms. The Morgan fingerprint density at radius 1 is 1.41 bits per heavy atom. The molecule has 17 heavy (non-hydrogen) atoms. The molecule has 1 fully saturated rings. The zero-order valence-corrected chi connectivity index (χ0v) is 9.79. The minimum Gasteiger partial charge on any atom is -0.469 e. The first-order valence-electron chi connectivity index (χ1n) is 5.41. The molecule has 1 saturated carbocycles. The first-order chi connectivity index (χ1) is 8.15. The number of esters is 1. The van der Waals surface area contributed by atoms with Gasteiger partial charge in [-0.1, -0.05) is 6.07 Å². The number of aromatic nitrogens is 1. The highest BCUT2D eigenvalue weighted by molar-refractivity contribution is 5.99. The van der Waals surface area contributed by atoms with Gasteiger partial charge in [0.05, 0.1) is 18.9 Å². The topological polar surface area (TPSA) is 59.5 Å². The third kappa shape index (κ3) is 2.27. The molecule has 0 N–H and O–H groups in total. The summed E-state index contributed by atoms with van der Waals surface area (Å²) in [7, 11) is 3.00. The molecule has 2 atom stereocenters. The second-order valence-corrected chi connectivity index (χ2v) is 4.06. The molecule has 0 aliphatic heterocycles. The number of nitrogens with zero attached hydrogens (tertiary/aromatic N) is 2. The van der Waals surface area contributed by atoms with Crippen molar-refractivity contribution in [2.24, 2.45) is 11.8 Å². The number of carbonyl (C=O) groups excluding carboxylic acids is 2. The fourth-order valence-electron chi connectivity index (χ4n) is 1.79. The lowest BCUT2D eigenvalue weighted by Crippen LogP contribution is -2.29. The highest BCUT2D eigenvalue weighted by atomic mass is 16.5. The van der Waals surface area contributed by atoms with E-state index in [1.54, 1.807) is 25.4 Å². The van der Waals surface area contributed by atoms with Crippen LogP contribution in [0.2, 0.25) is 0 Å². The molecule has 5 heteroatoms. The lowest BCUT2D eigenvalue weighted by molar-refractivity contribution is -0.143. The molecule has 1 amide bonds. The van der Waals surface area contributed by atoms with Crippen molar-refractivity contribution in [1.82, 2.24) is 4.98 Å². The summed E-state index contributed by atoms with van der Waals surface area (Å²) < 4.78 is 4.61. The molecule has 0 unspecified atom stereocenters. The third-order valence-corrected chi connectivity index (χ3v) is 2.94. The summed E-state index contributed by atoms with van der Waals surface area (Å²) in [6, 6.07) is 5.36. The van der Waals surface area contributed by atoms with E-state index in [1.165, 1.54) is 12.0 Å². The van der Waals surface area contributed by atoms with Gasteiger partial charge in [0, 0.05) is 13.2 Å². The summed E-state index contributed by atoms with van der Waals surface area (Å²) in [5.74, 6) is -0.335. The number of rotatable bonds is 3. The Hall–Kier alpha value is -1.91. The van der Waals surface area contributed by atoms with Gasteiger partial charge in [0.1, 0.15) is 5.82 Å². The Labute approximate surface area is 99.4 Å². The quantitative estimate of drug-likeness (QED) is 0.727. The Morgan fingerprint density at radius 2 is 2.18 bits per heavy atom. The zero-order valence-electron chi connectivity index (χ0n) is 9.79. The lowest BCUT2D eigenvalue weighted by Gasteiger charge is -2.15. The van der Waals surface area contributed by atoms with Crippen LogP contribution in [0, 0.1) is 11.8 Å². The highest BCUT2D eigenvalue weighted by Gasteiger charge is 2.50. The van der Waals surface area contributed by atoms with E-state index >= 15 is 0 Å². The third-order valence-electron chi connectivity index (χ3n) is 2.94. The van der Waals surface area contributed by atoms with Gasteiger partial charge in [-0.05, 0) is 18.6 Å². The molecular weight excluding hydrogens is 220 g/mol. The molecule has 0 radical (unpaired) electrons. The zero-order chi connectivity index (χ0) is 12.4. The van der Waals surface area contributed by atoms with Crippen LogP contribution in [0.4, 0.5) is 5.82 Å². The number of hydrogen-bond acceptors (Lipinski definition) is 4. The van der Waals surface area contributed by atoms with Crippen LogP contribution in [0.25, 0.3) is 0 Å². The summed E-state index contributed by atoms with van der Waals surface area (Å²) in [4.78, 5) is 28.8. The first-order valence-corrected chi connectivity index (χ1v) is 5.41. The second kappa shape index (κ2) is 4.53. The van der Waals surface area contributed by atoms with E-state index in [0.29, 0.717) is 12.2 Å². The van der Waals surface area contributed by atoms with Gasteiger partial charge < -0.3 is 4.74 Å². The molecule has 1 heterocycles. The summed E-state index contributed by atoms with van der Waals surface area (Å²) >= 11 is 0. The lowest BCUT2D eigenvalue weighted by atomic mass is 10.3. The van der Waals surface area contributed by atoms with Crippen LogP contribution in [0.5, 0.6) is 0 Å². The monoisotopic (exact) mass is 234 g/mol. The van der Waals surface area contributed by atoms with Crippen LogP contribution in [0.15, 0.2) is 24.4 Å². The number of methoxy groups -OCH3 is 1. The Bertz CT molecular complexity index is 433. The fourth-order valence-corrected chi connectivity index (χ4v) is 1.79. The summed E-state index contributed by atoms with van der Waals surface area (Å²) in [6.45, 7) is 0. The van der Waals surface area contributed by atoms with Crippen molar-refractivity contribution in [3.05, 3.63) is 24.4 Å². The first kappa shape index (κ1) is 11.6. The van der Waals surface area contributed by atoms with Gasteiger partial charge in [0.2, 0.25) is 5.91 Å². The maximum atomic E-state index is 12.0. The van der Waals surface area contributed by atoms with Gasteiger partial charge >= 0.3 is 5.97 Å². The molecule has 0 spiro atoms. The second-order valence-electron chi connectivity index (χ2n) is 4.06. The van der Waals surface area contributed by atoms with E-state index in [4.69, 9.17) is 0 Å².